The summed E-state index contributed by atoms with van der Waals surface area (Å²) in [6, 6.07) is 22.7. The van der Waals surface area contributed by atoms with Crippen LogP contribution in [0.1, 0.15) is 54.1 Å². The van der Waals surface area contributed by atoms with Crippen molar-refractivity contribution in [1.29, 1.82) is 0 Å². The summed E-state index contributed by atoms with van der Waals surface area (Å²) in [5, 5.41) is 7.26. The zero-order valence-electron chi connectivity index (χ0n) is 24.8. The molecule has 4 aromatic rings. The van der Waals surface area contributed by atoms with Gasteiger partial charge in [0.25, 0.3) is 0 Å². The Bertz CT molecular complexity index is 1580. The van der Waals surface area contributed by atoms with E-state index in [0.717, 1.165) is 45.4 Å². The van der Waals surface area contributed by atoms with Crippen LogP contribution < -0.4 is 20.4 Å². The van der Waals surface area contributed by atoms with Gasteiger partial charge in [0.1, 0.15) is 0 Å². The number of aryl methyl sites for hydroxylation is 2. The van der Waals surface area contributed by atoms with Gasteiger partial charge < -0.3 is 25.0 Å². The topological polar surface area (TPSA) is 65.4 Å². The lowest BCUT2D eigenvalue weighted by molar-refractivity contribution is -0.118. The molecule has 1 fully saturated rings. The van der Waals surface area contributed by atoms with Gasteiger partial charge in [0.15, 0.2) is 5.11 Å². The second-order valence-electron chi connectivity index (χ2n) is 11.2. The molecule has 2 aromatic carbocycles. The first-order valence-corrected chi connectivity index (χ1v) is 14.4. The highest BCUT2D eigenvalue weighted by atomic mass is 32.1. The molecule has 1 amide bonds. The molecular formula is C33H38N6OS. The Morgan fingerprint density at radius 1 is 1.00 bits per heavy atom. The van der Waals surface area contributed by atoms with Crippen LogP contribution in [0.5, 0.6) is 0 Å². The molecule has 2 N–H and O–H groups in total. The average molecular weight is 567 g/mol. The molecule has 1 saturated heterocycles. The number of carbonyl (C=O) groups excluding carboxylic acids is 1. The molecule has 5 rings (SSSR count). The van der Waals surface area contributed by atoms with E-state index in [0.29, 0.717) is 5.11 Å². The number of benzene rings is 2. The first kappa shape index (κ1) is 28.4. The summed E-state index contributed by atoms with van der Waals surface area (Å²) >= 11 is 5.98. The third kappa shape index (κ3) is 5.44. The number of aromatic nitrogens is 2. The van der Waals surface area contributed by atoms with Crippen molar-refractivity contribution in [2.75, 3.05) is 29.2 Å². The van der Waals surface area contributed by atoms with Crippen LogP contribution in [0.15, 0.2) is 72.9 Å². The van der Waals surface area contributed by atoms with E-state index >= 15 is 0 Å². The second kappa shape index (κ2) is 11.4. The number of hydrogen-bond donors (Lipinski definition) is 2. The molecule has 2 atom stereocenters. The predicted molar refractivity (Wildman–Crippen MR) is 172 cm³/mol. The molecule has 3 heterocycles. The van der Waals surface area contributed by atoms with Crippen LogP contribution in [0.2, 0.25) is 0 Å². The number of rotatable bonds is 7. The number of nitrogens with zero attached hydrogens (tertiary/aromatic N) is 4. The maximum Gasteiger partial charge on any atom is 0.226 e. The minimum absolute atomic E-state index is 0.00152. The zero-order valence-corrected chi connectivity index (χ0v) is 25.6. The Kier molecular flexibility index (Phi) is 7.87. The Morgan fingerprint density at radius 3 is 2.32 bits per heavy atom. The van der Waals surface area contributed by atoms with Gasteiger partial charge in [-0.1, -0.05) is 19.9 Å². The van der Waals surface area contributed by atoms with Crippen LogP contribution in [0.4, 0.5) is 17.1 Å². The highest BCUT2D eigenvalue weighted by Gasteiger charge is 2.42. The predicted octanol–water partition coefficient (Wildman–Crippen LogP) is 6.64. The first-order valence-electron chi connectivity index (χ1n) is 14.0. The highest BCUT2D eigenvalue weighted by Crippen LogP contribution is 2.44. The molecule has 0 saturated carbocycles. The van der Waals surface area contributed by atoms with Gasteiger partial charge in [0.2, 0.25) is 5.91 Å². The second-order valence-corrected chi connectivity index (χ2v) is 11.6. The maximum atomic E-state index is 12.4. The maximum absolute atomic E-state index is 12.4. The third-order valence-electron chi connectivity index (χ3n) is 7.78. The third-order valence-corrected chi connectivity index (χ3v) is 8.10. The van der Waals surface area contributed by atoms with Crippen LogP contribution in [0, 0.1) is 26.7 Å². The van der Waals surface area contributed by atoms with E-state index in [1.54, 1.807) is 0 Å². The summed E-state index contributed by atoms with van der Waals surface area (Å²) in [7, 11) is 4.10. The van der Waals surface area contributed by atoms with Crippen LogP contribution in [0.25, 0.3) is 5.69 Å². The smallest absolute Gasteiger partial charge is 0.226 e. The van der Waals surface area contributed by atoms with Gasteiger partial charge in [0.05, 0.1) is 17.8 Å². The molecule has 1 aliphatic rings. The van der Waals surface area contributed by atoms with Crippen molar-refractivity contribution in [3.8, 4) is 5.69 Å². The molecular weight excluding hydrogens is 528 g/mol. The number of pyridine rings is 1. The molecule has 8 heteroatoms. The van der Waals surface area contributed by atoms with Crippen LogP contribution in [-0.2, 0) is 4.79 Å². The minimum atomic E-state index is -0.144. The summed E-state index contributed by atoms with van der Waals surface area (Å²) in [6.45, 7) is 10.1. The van der Waals surface area contributed by atoms with E-state index in [1.807, 2.05) is 71.4 Å². The molecule has 0 unspecified atom stereocenters. The van der Waals surface area contributed by atoms with E-state index in [-0.39, 0.29) is 23.9 Å². The Balaban J connectivity index is 1.60. The van der Waals surface area contributed by atoms with E-state index < -0.39 is 0 Å². The lowest BCUT2D eigenvalue weighted by Crippen LogP contribution is -2.29. The van der Waals surface area contributed by atoms with Crippen molar-refractivity contribution in [3.63, 3.8) is 0 Å². The lowest BCUT2D eigenvalue weighted by atomic mass is 9.96. The van der Waals surface area contributed by atoms with Gasteiger partial charge in [-0.25, -0.2) is 0 Å². The molecule has 41 heavy (non-hydrogen) atoms. The van der Waals surface area contributed by atoms with E-state index in [4.69, 9.17) is 17.2 Å². The van der Waals surface area contributed by atoms with Crippen LogP contribution in [0.3, 0.4) is 0 Å². The Morgan fingerprint density at radius 2 is 1.71 bits per heavy atom. The standard InChI is InChI=1S/C33H38N6OS/c1-20(2)32(40)35-28-16-15-26(18-21(28)3)39-31(30(36-33(39)41)29-10-8-9-17-34-29)27-19-22(4)38(23(27)5)25-13-11-24(12-14-25)37(6)7/h8-20,30-31H,1-7H3,(H,35,40)(H,36,41)/t30-,31+/m1/s1. The summed E-state index contributed by atoms with van der Waals surface area (Å²) < 4.78 is 2.31. The Labute approximate surface area is 248 Å². The number of anilines is 3. The summed E-state index contributed by atoms with van der Waals surface area (Å²) in [6.07, 6.45) is 1.83. The van der Waals surface area contributed by atoms with Crippen molar-refractivity contribution >= 4 is 40.3 Å². The molecule has 0 spiro atoms. The minimum Gasteiger partial charge on any atom is -0.378 e. The number of thiocarbonyl (C=S) groups is 1. The van der Waals surface area contributed by atoms with Crippen LogP contribution >= 0.6 is 12.2 Å². The molecule has 0 aliphatic carbocycles. The summed E-state index contributed by atoms with van der Waals surface area (Å²) in [5.41, 5.74) is 9.44. The molecule has 2 aromatic heterocycles. The van der Waals surface area contributed by atoms with Gasteiger partial charge in [-0.2, -0.15) is 0 Å². The number of carbonyl (C=O) groups is 1. The monoisotopic (exact) mass is 566 g/mol. The fourth-order valence-electron chi connectivity index (χ4n) is 5.55. The van der Waals surface area contributed by atoms with E-state index in [1.165, 1.54) is 5.56 Å². The number of amides is 1. The van der Waals surface area contributed by atoms with E-state index in [2.05, 4.69) is 75.2 Å². The van der Waals surface area contributed by atoms with Crippen molar-refractivity contribution in [2.45, 2.75) is 46.7 Å². The van der Waals surface area contributed by atoms with Gasteiger partial charge >= 0.3 is 0 Å². The van der Waals surface area contributed by atoms with Gasteiger partial charge in [-0.15, -0.1) is 0 Å². The average Bonchev–Trinajstić information content (AvgIpc) is 3.44. The van der Waals surface area contributed by atoms with Crippen molar-refractivity contribution in [1.82, 2.24) is 14.9 Å². The summed E-state index contributed by atoms with van der Waals surface area (Å²) in [4.78, 5) is 21.4. The van der Waals surface area contributed by atoms with Gasteiger partial charge in [0, 0.05) is 60.3 Å². The molecule has 1 aliphatic heterocycles. The SMILES string of the molecule is Cc1cc(N2C(=S)N[C@H](c3ccccn3)[C@@H]2c2cc(C)n(-c3ccc(N(C)C)cc3)c2C)ccc1NC(=O)C(C)C. The fourth-order valence-corrected chi connectivity index (χ4v) is 5.89. The number of hydrogen-bond acceptors (Lipinski definition) is 4. The van der Waals surface area contributed by atoms with Crippen molar-refractivity contribution in [3.05, 3.63) is 101 Å². The summed E-state index contributed by atoms with van der Waals surface area (Å²) in [5.74, 6) is -0.0966. The first-order chi connectivity index (χ1) is 19.6. The van der Waals surface area contributed by atoms with Crippen molar-refractivity contribution in [2.24, 2.45) is 5.92 Å². The lowest BCUT2D eigenvalue weighted by Gasteiger charge is -2.29. The Hall–Kier alpha value is -4.17. The molecule has 0 bridgehead atoms. The van der Waals surface area contributed by atoms with Gasteiger partial charge in [-0.05, 0) is 105 Å². The fraction of sp³-hybridized carbons (Fsp3) is 0.303. The van der Waals surface area contributed by atoms with E-state index in [9.17, 15) is 4.79 Å². The quantitative estimate of drug-likeness (QED) is 0.245. The molecule has 7 nitrogen and oxygen atoms in total. The number of nitrogens with one attached hydrogen (secondary N) is 2. The van der Waals surface area contributed by atoms with Gasteiger partial charge in [-0.3, -0.25) is 9.78 Å². The highest BCUT2D eigenvalue weighted by molar-refractivity contribution is 7.80. The molecule has 0 radical (unpaired) electrons. The van der Waals surface area contributed by atoms with Crippen LogP contribution in [-0.4, -0.2) is 34.7 Å². The van der Waals surface area contributed by atoms with Crippen molar-refractivity contribution < 1.29 is 4.79 Å². The largest absolute Gasteiger partial charge is 0.378 e. The molecule has 212 valence electrons. The zero-order chi connectivity index (χ0) is 29.4. The normalized spacial score (nSPS) is 16.7.